The number of ether oxygens (including phenoxy) is 2. The van der Waals surface area contributed by atoms with E-state index in [1.165, 1.54) is 36.0 Å². The Kier molecular flexibility index (Phi) is 30.8. The number of benzene rings is 2. The first-order valence-corrected chi connectivity index (χ1v) is 24.7. The molecule has 0 aliphatic carbocycles. The zero-order chi connectivity index (χ0) is 55.0. The number of aromatic amines is 1. The topological polar surface area (TPSA) is 365 Å². The van der Waals surface area contributed by atoms with E-state index < -0.39 is 4.92 Å². The first kappa shape index (κ1) is 67.3. The van der Waals surface area contributed by atoms with E-state index in [0.29, 0.717) is 47.6 Å². The number of fused-ring (bicyclic) bond motifs is 1. The Hall–Kier alpha value is -4.93. The van der Waals surface area contributed by atoms with Crippen LogP contribution in [0.4, 0.5) is 61.1 Å². The summed E-state index contributed by atoms with van der Waals surface area (Å²) in [5.41, 5.74) is 20.3. The number of imidazole rings is 1. The van der Waals surface area contributed by atoms with Crippen LogP contribution in [0.5, 0.6) is 0 Å². The Morgan fingerprint density at radius 2 is 1.35 bits per heavy atom. The predicted molar refractivity (Wildman–Crippen MR) is 287 cm³/mol. The largest absolute Gasteiger partial charge is 1.00 e. The summed E-state index contributed by atoms with van der Waals surface area (Å²) >= 11 is 14.2. The van der Waals surface area contributed by atoms with Gasteiger partial charge in [0, 0.05) is 73.2 Å². The van der Waals surface area contributed by atoms with Gasteiger partial charge in [-0.25, -0.2) is 28.7 Å². The van der Waals surface area contributed by atoms with Gasteiger partial charge in [-0.3, -0.25) is 20.2 Å². The van der Waals surface area contributed by atoms with Crippen LogP contribution in [0.3, 0.4) is 0 Å². The number of nitrogen functional groups attached to an aromatic ring is 3. The van der Waals surface area contributed by atoms with Crippen LogP contribution in [0, 0.1) is 21.7 Å². The summed E-state index contributed by atoms with van der Waals surface area (Å²) in [7, 11) is 0. The fourth-order valence-corrected chi connectivity index (χ4v) is 6.50. The molecule has 0 unspecified atom stereocenters. The third-order valence-corrected chi connectivity index (χ3v) is 10.8. The molecule has 34 heteroatoms. The number of carbonyl (C=O) groups is 1. The molecule has 8 aromatic rings. The van der Waals surface area contributed by atoms with Crippen LogP contribution in [0.15, 0.2) is 99.1 Å². The molecule has 26 nitrogen and oxygen atoms in total. The van der Waals surface area contributed by atoms with E-state index in [4.69, 9.17) is 57.2 Å². The van der Waals surface area contributed by atoms with Gasteiger partial charge in [0.05, 0.1) is 83.5 Å². The molecule has 0 amide bonds. The van der Waals surface area contributed by atoms with Crippen molar-refractivity contribution in [2.45, 2.75) is 6.92 Å². The van der Waals surface area contributed by atoms with Crippen LogP contribution in [-0.4, -0.2) is 121 Å². The molecule has 0 atom stereocenters. The second-order valence-corrected chi connectivity index (χ2v) is 16.2. The van der Waals surface area contributed by atoms with E-state index >= 15 is 0 Å². The molecule has 2 saturated heterocycles. The molecule has 6 aromatic heterocycles. The van der Waals surface area contributed by atoms with Crippen LogP contribution in [0.2, 0.25) is 5.15 Å². The number of halogens is 3. The van der Waals surface area contributed by atoms with Gasteiger partial charge in [-0.15, -0.1) is 22.0 Å². The van der Waals surface area contributed by atoms with Gasteiger partial charge >= 0.3 is 115 Å². The number of hydrogen-bond acceptors (Lipinski definition) is 27. The third-order valence-electron chi connectivity index (χ3n) is 9.89. The van der Waals surface area contributed by atoms with Gasteiger partial charge in [-0.05, 0) is 61.7 Å². The van der Waals surface area contributed by atoms with Crippen molar-refractivity contribution in [1.82, 2.24) is 45.3 Å². The Balaban J connectivity index is 0.000000536. The van der Waals surface area contributed by atoms with Gasteiger partial charge in [0.2, 0.25) is 17.7 Å². The summed E-state index contributed by atoms with van der Waals surface area (Å²) in [4.78, 5) is 49.2. The standard InChI is InChI=1S/C18H16FN7O2.C11H10FN3OS.C9H14N4O.C5H4ClN3O2.CH2O3.2K.S2.H2.H/c19-12-3-1-11(2-4-12)16-24-25-18(28-16)23-17-21-13-9-15(20-10-14(13)22-17)26-5-7-27-8-6-26;1-7(17-2)13-11-15-14-10(16-11)8-3-5-9(12)6-4-8;10-7-5-9(12-6-8(7)11)13-1-3-14-4-2-13;6-5-1-4(9(10)11)3(7)2-8-5;2-1-4-3;;;1-2;;/h1-4,9-10H,5-8H2,(H2,21,22,23,25);3-6H,1-2H3;5-6H,1-4,11H2,(H2,10,12);1-2H,7H2;1,3H;;;;1H;/q;;;;;2*+1;;;-1/p-1. The number of H-pyrrole nitrogens is 1. The van der Waals surface area contributed by atoms with Crippen molar-refractivity contribution in [2.24, 2.45) is 4.99 Å². The van der Waals surface area contributed by atoms with Gasteiger partial charge in [0.1, 0.15) is 34.1 Å². The van der Waals surface area contributed by atoms with Gasteiger partial charge in [-0.2, -0.15) is 4.99 Å². The summed E-state index contributed by atoms with van der Waals surface area (Å²) < 4.78 is 47.3. The Bertz CT molecular complexity index is 3160. The van der Waals surface area contributed by atoms with Crippen LogP contribution in [-0.2, 0) is 41.5 Å². The molecule has 8 heterocycles. The monoisotopic (exact) mass is 1210 g/mol. The van der Waals surface area contributed by atoms with Crippen LogP contribution >= 0.6 is 23.4 Å². The van der Waals surface area contributed by atoms with Gasteiger partial charge in [0.15, 0.2) is 0 Å². The molecule has 2 fully saturated rings. The molecular formula is C44H48ClF2K2N17O9S3. The summed E-state index contributed by atoms with van der Waals surface area (Å²) in [5, 5.41) is 38.0. The van der Waals surface area contributed by atoms with Gasteiger partial charge < -0.3 is 61.9 Å². The molecule has 2 aliphatic heterocycles. The van der Waals surface area contributed by atoms with Crippen molar-refractivity contribution < 1.29 is 153 Å². The number of nitrogens with one attached hydrogen (secondary N) is 2. The third kappa shape index (κ3) is 21.6. The van der Waals surface area contributed by atoms with Crippen molar-refractivity contribution in [1.29, 1.82) is 0 Å². The Labute approximate surface area is 550 Å². The number of hydrogen-bond donors (Lipinski definition) is 5. The average Bonchev–Trinajstić information content (AvgIpc) is 4.22. The van der Waals surface area contributed by atoms with Crippen molar-refractivity contribution in [3.63, 3.8) is 0 Å². The number of anilines is 7. The summed E-state index contributed by atoms with van der Waals surface area (Å²) in [6.45, 7) is 7.88. The number of nitrogens with zero attached hydrogens (tertiary/aromatic N) is 12. The van der Waals surface area contributed by atoms with E-state index in [1.807, 2.05) is 19.2 Å². The van der Waals surface area contributed by atoms with Crippen LogP contribution in [0.1, 0.15) is 9.78 Å². The quantitative estimate of drug-likeness (QED) is 0.0187. The summed E-state index contributed by atoms with van der Waals surface area (Å²) in [6.07, 6.45) is 6.41. The van der Waals surface area contributed by atoms with Gasteiger partial charge in [0.25, 0.3) is 12.2 Å². The van der Waals surface area contributed by atoms with Crippen molar-refractivity contribution in [2.75, 3.05) is 91.2 Å². The number of nitro groups is 1. The van der Waals surface area contributed by atoms with Crippen molar-refractivity contribution in [3.05, 3.63) is 112 Å². The number of morpholine rings is 2. The van der Waals surface area contributed by atoms with Crippen molar-refractivity contribution in [3.8, 4) is 22.9 Å². The van der Waals surface area contributed by atoms with Crippen molar-refractivity contribution >= 4 is 121 Å². The molecule has 0 spiro atoms. The zero-order valence-electron chi connectivity index (χ0n) is 42.9. The number of nitrogens with two attached hydrogens (primary N) is 3. The summed E-state index contributed by atoms with van der Waals surface area (Å²) in [5.74, 6) is 2.20. The van der Waals surface area contributed by atoms with Gasteiger partial charge in [-0.1, -0.05) is 21.8 Å². The first-order chi connectivity index (χ1) is 36.7. The Morgan fingerprint density at radius 3 is 1.86 bits per heavy atom. The normalized spacial score (nSPS) is 12.5. The number of aliphatic imine (C=N–C) groups is 1. The molecule has 8 N–H and O–H groups in total. The van der Waals surface area contributed by atoms with E-state index in [2.05, 4.69) is 92.7 Å². The minimum atomic E-state index is -0.608. The summed E-state index contributed by atoms with van der Waals surface area (Å²) in [6, 6.07) is 16.9. The number of carbonyl (C=O) groups excluding carboxylic acids is 1. The Morgan fingerprint density at radius 1 is 0.833 bits per heavy atom. The van der Waals surface area contributed by atoms with Crippen LogP contribution in [0.25, 0.3) is 33.9 Å². The predicted octanol–water partition coefficient (Wildman–Crippen LogP) is 0.120. The molecule has 2 aliphatic rings. The van der Waals surface area contributed by atoms with E-state index in [9.17, 15) is 18.9 Å². The maximum absolute atomic E-state index is 13.0. The maximum Gasteiger partial charge on any atom is 1.00 e. The minimum absolute atomic E-state index is 0. The number of pyridine rings is 3. The first-order valence-electron chi connectivity index (χ1n) is 21.7. The second-order valence-electron chi connectivity index (χ2n) is 14.8. The molecule has 404 valence electrons. The molecule has 2 aromatic carbocycles. The number of aromatic nitrogens is 9. The SMILES string of the molecule is CSC(C)=Nc1nnc(-c2ccc(F)cc2)o1.Fc1ccc(-c2nnc(Nc3nc4cc(N5CCOCC5)ncc4[nH]3)o2)cc1.Nc1cnc(Cl)cc1[N+](=O)[O-].Nc1cnc(N2CCOCC2)cc1N.O=CO[O-].S=S.[H-].[HH].[K+].[K+]. The van der Waals surface area contributed by atoms with E-state index in [0.717, 1.165) is 79.4 Å². The van der Waals surface area contributed by atoms with Crippen LogP contribution < -0.4 is 140 Å². The van der Waals surface area contributed by atoms with E-state index in [1.54, 1.807) is 42.7 Å². The molecule has 78 heavy (non-hydrogen) atoms. The fraction of sp³-hybridized carbons (Fsp3) is 0.227. The number of thioether (sulfide) groups is 1. The molecule has 0 saturated carbocycles. The maximum atomic E-state index is 13.0. The molecular weight excluding hydrogens is 1160 g/mol. The molecule has 0 bridgehead atoms. The molecule has 0 radical (unpaired) electrons. The second kappa shape index (κ2) is 35.6. The van der Waals surface area contributed by atoms with E-state index in [-0.39, 0.29) is 158 Å². The minimum Gasteiger partial charge on any atom is -1.00 e. The average molecular weight is 1210 g/mol. The number of rotatable bonds is 9. The molecule has 10 rings (SSSR count). The zero-order valence-corrected chi connectivity index (χ0v) is 51.4. The fourth-order valence-electron chi connectivity index (χ4n) is 6.18. The smallest absolute Gasteiger partial charge is 1.00 e.